The van der Waals surface area contributed by atoms with Gasteiger partial charge in [-0.2, -0.15) is 0 Å². The minimum atomic E-state index is -0.459. The summed E-state index contributed by atoms with van der Waals surface area (Å²) in [5, 5.41) is 0.616. The molecule has 0 fully saturated rings. The predicted molar refractivity (Wildman–Crippen MR) is 82.6 cm³/mol. The molecule has 0 aliphatic carbocycles. The topological polar surface area (TPSA) is 61.5 Å². The van der Waals surface area contributed by atoms with Gasteiger partial charge in [-0.25, -0.2) is 4.79 Å². The van der Waals surface area contributed by atoms with Crippen LogP contribution in [0.1, 0.15) is 22.8 Å². The van der Waals surface area contributed by atoms with Crippen molar-refractivity contribution >= 4 is 23.3 Å². The molecule has 0 saturated carbocycles. The summed E-state index contributed by atoms with van der Waals surface area (Å²) < 4.78 is 10.7. The minimum Gasteiger partial charge on any atom is -0.488 e. The van der Waals surface area contributed by atoms with Crippen LogP contribution in [0, 0.1) is 0 Å². The number of halogens is 1. The third kappa shape index (κ3) is 3.89. The highest BCUT2D eigenvalue weighted by Gasteiger charge is 2.14. The summed E-state index contributed by atoms with van der Waals surface area (Å²) in [5.74, 6) is -0.0403. The Hall–Kier alpha value is -2.20. The van der Waals surface area contributed by atoms with E-state index in [0.29, 0.717) is 22.0 Å². The summed E-state index contributed by atoms with van der Waals surface area (Å²) in [6.45, 7) is 2.29. The van der Waals surface area contributed by atoms with Gasteiger partial charge in [-0.3, -0.25) is 0 Å². The van der Waals surface area contributed by atoms with E-state index < -0.39 is 5.97 Å². The summed E-state index contributed by atoms with van der Waals surface area (Å²) in [4.78, 5) is 11.9. The fourth-order valence-corrected chi connectivity index (χ4v) is 2.00. The van der Waals surface area contributed by atoms with Crippen molar-refractivity contribution < 1.29 is 14.3 Å². The van der Waals surface area contributed by atoms with Crippen LogP contribution in [0.15, 0.2) is 42.5 Å². The summed E-state index contributed by atoms with van der Waals surface area (Å²) in [5.41, 5.74) is 7.33. The molecule has 0 unspecified atom stereocenters. The van der Waals surface area contributed by atoms with Crippen LogP contribution in [-0.2, 0) is 11.3 Å². The van der Waals surface area contributed by atoms with Crippen LogP contribution >= 0.6 is 11.6 Å². The van der Waals surface area contributed by atoms with E-state index >= 15 is 0 Å². The normalized spacial score (nSPS) is 10.2. The Morgan fingerprint density at radius 1 is 1.24 bits per heavy atom. The highest BCUT2D eigenvalue weighted by Crippen LogP contribution is 2.25. The molecule has 0 amide bonds. The molecule has 0 spiro atoms. The molecule has 4 nitrogen and oxygen atoms in total. The Kier molecular flexibility index (Phi) is 5.06. The fourth-order valence-electron chi connectivity index (χ4n) is 1.81. The smallest absolute Gasteiger partial charge is 0.341 e. The maximum absolute atomic E-state index is 11.9. The number of ether oxygens (including phenoxy) is 2. The van der Waals surface area contributed by atoms with E-state index in [2.05, 4.69) is 0 Å². The average molecular weight is 306 g/mol. The fraction of sp³-hybridized carbons (Fsp3) is 0.188. The van der Waals surface area contributed by atoms with Gasteiger partial charge in [0.05, 0.1) is 6.61 Å². The molecule has 5 heteroatoms. The third-order valence-corrected chi connectivity index (χ3v) is 3.21. The van der Waals surface area contributed by atoms with Crippen LogP contribution in [0.3, 0.4) is 0 Å². The molecule has 0 aliphatic heterocycles. The van der Waals surface area contributed by atoms with Gasteiger partial charge in [0.1, 0.15) is 17.9 Å². The van der Waals surface area contributed by atoms with E-state index in [0.717, 1.165) is 5.56 Å². The highest BCUT2D eigenvalue weighted by molar-refractivity contribution is 6.31. The van der Waals surface area contributed by atoms with Crippen LogP contribution in [0.5, 0.6) is 5.75 Å². The molecule has 2 N–H and O–H groups in total. The Morgan fingerprint density at radius 2 is 2.00 bits per heavy atom. The molecule has 2 aromatic carbocycles. The van der Waals surface area contributed by atoms with Crippen LogP contribution in [-0.4, -0.2) is 12.6 Å². The van der Waals surface area contributed by atoms with Crippen molar-refractivity contribution in [1.29, 1.82) is 0 Å². The Bertz CT molecular complexity index is 643. The van der Waals surface area contributed by atoms with Crippen LogP contribution in [0.25, 0.3) is 0 Å². The molecule has 21 heavy (non-hydrogen) atoms. The van der Waals surface area contributed by atoms with Crippen molar-refractivity contribution in [2.24, 2.45) is 0 Å². The van der Waals surface area contributed by atoms with Gasteiger partial charge in [0.2, 0.25) is 0 Å². The number of esters is 1. The van der Waals surface area contributed by atoms with E-state index in [1.54, 1.807) is 31.2 Å². The molecule has 0 aromatic heterocycles. The molecule has 110 valence electrons. The van der Waals surface area contributed by atoms with Crippen LogP contribution < -0.4 is 10.5 Å². The number of hydrogen-bond acceptors (Lipinski definition) is 4. The molecule has 0 radical (unpaired) electrons. The van der Waals surface area contributed by atoms with Crippen LogP contribution in [0.2, 0.25) is 5.02 Å². The molecular weight excluding hydrogens is 290 g/mol. The second kappa shape index (κ2) is 6.99. The molecular formula is C16H16ClNO3. The minimum absolute atomic E-state index is 0.260. The van der Waals surface area contributed by atoms with Crippen molar-refractivity contribution in [1.82, 2.24) is 0 Å². The zero-order chi connectivity index (χ0) is 15.2. The van der Waals surface area contributed by atoms with Gasteiger partial charge in [-0.1, -0.05) is 29.8 Å². The zero-order valence-corrected chi connectivity index (χ0v) is 12.4. The first-order valence-electron chi connectivity index (χ1n) is 6.54. The molecule has 0 heterocycles. The Labute approximate surface area is 128 Å². The van der Waals surface area contributed by atoms with Crippen molar-refractivity contribution in [3.05, 3.63) is 58.6 Å². The first-order chi connectivity index (χ1) is 10.1. The van der Waals surface area contributed by atoms with E-state index in [9.17, 15) is 4.79 Å². The summed E-state index contributed by atoms with van der Waals surface area (Å²) in [6.07, 6.45) is 0. The molecule has 2 rings (SSSR count). The quantitative estimate of drug-likeness (QED) is 0.676. The number of hydrogen-bond donors (Lipinski definition) is 1. The maximum Gasteiger partial charge on any atom is 0.341 e. The monoisotopic (exact) mass is 305 g/mol. The molecule has 0 bridgehead atoms. The lowest BCUT2D eigenvalue weighted by molar-refractivity contribution is 0.0521. The number of rotatable bonds is 5. The van der Waals surface area contributed by atoms with Gasteiger partial charge < -0.3 is 15.2 Å². The summed E-state index contributed by atoms with van der Waals surface area (Å²) in [7, 11) is 0. The van der Waals surface area contributed by atoms with E-state index in [1.807, 2.05) is 18.2 Å². The lowest BCUT2D eigenvalue weighted by Gasteiger charge is -2.12. The second-order valence-corrected chi connectivity index (χ2v) is 4.76. The predicted octanol–water partition coefficient (Wildman–Crippen LogP) is 3.68. The van der Waals surface area contributed by atoms with Crippen LogP contribution in [0.4, 0.5) is 5.69 Å². The Morgan fingerprint density at radius 3 is 2.71 bits per heavy atom. The van der Waals surface area contributed by atoms with Gasteiger partial charge in [0.25, 0.3) is 0 Å². The molecule has 0 saturated heterocycles. The highest BCUT2D eigenvalue weighted by atomic mass is 35.5. The van der Waals surface area contributed by atoms with Crippen molar-refractivity contribution in [2.75, 3.05) is 12.3 Å². The van der Waals surface area contributed by atoms with Crippen molar-refractivity contribution in [3.8, 4) is 5.75 Å². The molecule has 0 atom stereocenters. The van der Waals surface area contributed by atoms with Gasteiger partial charge in [0.15, 0.2) is 0 Å². The van der Waals surface area contributed by atoms with Gasteiger partial charge >= 0.3 is 5.97 Å². The summed E-state index contributed by atoms with van der Waals surface area (Å²) >= 11 is 6.08. The SMILES string of the molecule is CCOC(=O)c1cc(N)ccc1OCc1ccccc1Cl. The molecule has 0 aliphatic rings. The first-order valence-corrected chi connectivity index (χ1v) is 6.92. The summed E-state index contributed by atoms with van der Waals surface area (Å²) in [6, 6.07) is 12.2. The largest absolute Gasteiger partial charge is 0.488 e. The second-order valence-electron chi connectivity index (χ2n) is 4.36. The number of nitrogen functional groups attached to an aromatic ring is 1. The maximum atomic E-state index is 11.9. The van der Waals surface area contributed by atoms with E-state index in [4.69, 9.17) is 26.8 Å². The van der Waals surface area contributed by atoms with Crippen molar-refractivity contribution in [3.63, 3.8) is 0 Å². The van der Waals surface area contributed by atoms with Gasteiger partial charge in [0, 0.05) is 16.3 Å². The standard InChI is InChI=1S/C16H16ClNO3/c1-2-20-16(19)13-9-12(18)7-8-15(13)21-10-11-5-3-4-6-14(11)17/h3-9H,2,10,18H2,1H3. The Balaban J connectivity index is 2.20. The van der Waals surface area contributed by atoms with Gasteiger partial charge in [-0.15, -0.1) is 0 Å². The number of nitrogens with two attached hydrogens (primary N) is 1. The van der Waals surface area contributed by atoms with E-state index in [-0.39, 0.29) is 13.2 Å². The lowest BCUT2D eigenvalue weighted by atomic mass is 10.1. The van der Waals surface area contributed by atoms with E-state index in [1.165, 1.54) is 0 Å². The number of benzene rings is 2. The van der Waals surface area contributed by atoms with Crippen molar-refractivity contribution in [2.45, 2.75) is 13.5 Å². The zero-order valence-electron chi connectivity index (χ0n) is 11.6. The average Bonchev–Trinajstić information content (AvgIpc) is 2.47. The number of carbonyl (C=O) groups is 1. The number of anilines is 1. The molecule has 2 aromatic rings. The van der Waals surface area contributed by atoms with Gasteiger partial charge in [-0.05, 0) is 31.2 Å². The first kappa shape index (κ1) is 15.2. The third-order valence-electron chi connectivity index (χ3n) is 2.84. The lowest BCUT2D eigenvalue weighted by Crippen LogP contribution is -2.08. The number of carbonyl (C=O) groups excluding carboxylic acids is 1.